The molecule has 0 spiro atoms. The van der Waals surface area contributed by atoms with Gasteiger partial charge in [0.25, 0.3) is 0 Å². The first-order valence-corrected chi connectivity index (χ1v) is 4.40. The van der Waals surface area contributed by atoms with Crippen molar-refractivity contribution in [2.45, 2.75) is 6.42 Å². The lowest BCUT2D eigenvalue weighted by atomic mass is 9.91. The minimum Gasteiger partial charge on any atom is -0.481 e. The Morgan fingerprint density at radius 3 is 2.64 bits per heavy atom. The van der Waals surface area contributed by atoms with Gasteiger partial charge in [0.05, 0.1) is 11.8 Å². The third-order valence-corrected chi connectivity index (χ3v) is 2.47. The molecule has 1 amide bonds. The molecule has 1 fully saturated rings. The van der Waals surface area contributed by atoms with Gasteiger partial charge in [-0.05, 0) is 12.6 Å². The van der Waals surface area contributed by atoms with Crippen LogP contribution in [0.25, 0.3) is 0 Å². The zero-order valence-electron chi connectivity index (χ0n) is 7.85. The summed E-state index contributed by atoms with van der Waals surface area (Å²) in [6.07, 6.45) is 3.30. The Hall–Kier alpha value is -1.58. The first-order valence-electron chi connectivity index (χ1n) is 4.40. The molecule has 2 unspecified atom stereocenters. The van der Waals surface area contributed by atoms with Crippen LogP contribution in [-0.4, -0.2) is 28.4 Å². The highest BCUT2D eigenvalue weighted by molar-refractivity contribution is 5.87. The van der Waals surface area contributed by atoms with Crippen LogP contribution in [0.3, 0.4) is 0 Å². The van der Waals surface area contributed by atoms with Gasteiger partial charge >= 0.3 is 5.97 Å². The van der Waals surface area contributed by atoms with Gasteiger partial charge in [0.15, 0.2) is 0 Å². The molecular formula is C10H13NO3. The average molecular weight is 195 g/mol. The first-order chi connectivity index (χ1) is 6.61. The number of carboxylic acids is 1. The van der Waals surface area contributed by atoms with Crippen LogP contribution in [0.2, 0.25) is 0 Å². The van der Waals surface area contributed by atoms with Crippen molar-refractivity contribution >= 4 is 11.9 Å². The normalized spacial score (nSPS) is 23.3. The molecule has 2 atom stereocenters. The number of likely N-dealkylation sites (tertiary alicyclic amines) is 1. The predicted octanol–water partition coefficient (Wildman–Crippen LogP) is 0.865. The molecule has 1 N–H and O–H groups in total. The zero-order chi connectivity index (χ0) is 10.7. The number of amides is 1. The highest BCUT2D eigenvalue weighted by Gasteiger charge is 2.38. The molecule has 1 heterocycles. The van der Waals surface area contributed by atoms with Crippen molar-refractivity contribution < 1.29 is 14.7 Å². The largest absolute Gasteiger partial charge is 0.481 e. The quantitative estimate of drug-likeness (QED) is 0.677. The lowest BCUT2D eigenvalue weighted by Gasteiger charge is -2.14. The maximum atomic E-state index is 11.6. The molecule has 0 aromatic carbocycles. The molecule has 1 aliphatic heterocycles. The molecule has 0 saturated carbocycles. The summed E-state index contributed by atoms with van der Waals surface area (Å²) in [5, 5.41) is 8.84. The number of hydrogen-bond donors (Lipinski definition) is 1. The third kappa shape index (κ3) is 1.69. The van der Waals surface area contributed by atoms with Crippen molar-refractivity contribution in [1.29, 1.82) is 0 Å². The lowest BCUT2D eigenvalue weighted by Crippen LogP contribution is -2.29. The average Bonchev–Trinajstić information content (AvgIpc) is 2.49. The van der Waals surface area contributed by atoms with Crippen molar-refractivity contribution in [2.75, 3.05) is 6.54 Å². The zero-order valence-corrected chi connectivity index (χ0v) is 7.85. The van der Waals surface area contributed by atoms with Crippen LogP contribution in [0.5, 0.6) is 0 Å². The summed E-state index contributed by atoms with van der Waals surface area (Å²) in [5.41, 5.74) is 0. The number of aliphatic carboxylic acids is 1. The Bertz CT molecular complexity index is 285. The smallest absolute Gasteiger partial charge is 0.311 e. The van der Waals surface area contributed by atoms with Crippen LogP contribution >= 0.6 is 0 Å². The summed E-state index contributed by atoms with van der Waals surface area (Å²) in [6.45, 7) is 7.47. The molecule has 0 bridgehead atoms. The highest BCUT2D eigenvalue weighted by Crippen LogP contribution is 2.26. The van der Waals surface area contributed by atoms with Crippen molar-refractivity contribution in [3.8, 4) is 0 Å². The first kappa shape index (κ1) is 10.5. The summed E-state index contributed by atoms with van der Waals surface area (Å²) in [5.74, 6) is -2.44. The van der Waals surface area contributed by atoms with Gasteiger partial charge in [0.1, 0.15) is 0 Å². The van der Waals surface area contributed by atoms with E-state index in [1.807, 2.05) is 0 Å². The molecule has 0 radical (unpaired) electrons. The fourth-order valence-corrected chi connectivity index (χ4v) is 1.68. The minimum absolute atomic E-state index is 0.174. The number of rotatable bonds is 4. The second-order valence-corrected chi connectivity index (χ2v) is 3.21. The fraction of sp³-hybridized carbons (Fsp3) is 0.400. The van der Waals surface area contributed by atoms with E-state index >= 15 is 0 Å². The fourth-order valence-electron chi connectivity index (χ4n) is 1.68. The Balaban J connectivity index is 2.79. The molecule has 14 heavy (non-hydrogen) atoms. The summed E-state index contributed by atoms with van der Waals surface area (Å²) in [6, 6.07) is 0. The standard InChI is InChI=1S/C10H13NO3/c1-3-7(10(13)14)8-5-6-11(4-2)9(8)12/h3-4,7-8H,1-2,5-6H2,(H,13,14). The molecule has 1 rings (SSSR count). The Kier molecular flexibility index (Phi) is 3.06. The van der Waals surface area contributed by atoms with Crippen molar-refractivity contribution in [2.24, 2.45) is 11.8 Å². The maximum Gasteiger partial charge on any atom is 0.311 e. The van der Waals surface area contributed by atoms with E-state index in [0.717, 1.165) is 0 Å². The summed E-state index contributed by atoms with van der Waals surface area (Å²) in [7, 11) is 0. The van der Waals surface area contributed by atoms with E-state index in [-0.39, 0.29) is 5.91 Å². The van der Waals surface area contributed by atoms with Gasteiger partial charge in [-0.2, -0.15) is 0 Å². The van der Waals surface area contributed by atoms with Gasteiger partial charge in [-0.3, -0.25) is 9.59 Å². The SMILES string of the molecule is C=CC(C(=O)O)C1CCN(C=C)C1=O. The Morgan fingerprint density at radius 2 is 2.29 bits per heavy atom. The van der Waals surface area contributed by atoms with Gasteiger partial charge in [-0.15, -0.1) is 6.58 Å². The van der Waals surface area contributed by atoms with Crippen LogP contribution in [0.1, 0.15) is 6.42 Å². The molecule has 1 saturated heterocycles. The lowest BCUT2D eigenvalue weighted by molar-refractivity contribution is -0.145. The predicted molar refractivity (Wildman–Crippen MR) is 51.3 cm³/mol. The van der Waals surface area contributed by atoms with E-state index in [1.54, 1.807) is 0 Å². The monoisotopic (exact) mass is 195 g/mol. The van der Waals surface area contributed by atoms with E-state index in [2.05, 4.69) is 13.2 Å². The topological polar surface area (TPSA) is 57.6 Å². The van der Waals surface area contributed by atoms with Crippen molar-refractivity contribution in [3.05, 3.63) is 25.4 Å². The van der Waals surface area contributed by atoms with Crippen LogP contribution in [0.15, 0.2) is 25.4 Å². The van der Waals surface area contributed by atoms with Crippen molar-refractivity contribution in [1.82, 2.24) is 4.90 Å². The summed E-state index contributed by atoms with van der Waals surface area (Å²) >= 11 is 0. The second-order valence-electron chi connectivity index (χ2n) is 3.21. The van der Waals surface area contributed by atoms with E-state index in [1.165, 1.54) is 17.2 Å². The number of carboxylic acid groups (broad SMARTS) is 1. The van der Waals surface area contributed by atoms with Gasteiger partial charge in [-0.25, -0.2) is 0 Å². The van der Waals surface area contributed by atoms with Gasteiger partial charge in [0, 0.05) is 6.54 Å². The molecule has 0 aromatic heterocycles. The highest BCUT2D eigenvalue weighted by atomic mass is 16.4. The third-order valence-electron chi connectivity index (χ3n) is 2.47. The van der Waals surface area contributed by atoms with Gasteiger partial charge < -0.3 is 10.0 Å². The number of nitrogens with zero attached hydrogens (tertiary/aromatic N) is 1. The van der Waals surface area contributed by atoms with Gasteiger partial charge in [-0.1, -0.05) is 12.7 Å². The van der Waals surface area contributed by atoms with Crippen LogP contribution in [-0.2, 0) is 9.59 Å². The second kappa shape index (κ2) is 4.09. The molecule has 4 heteroatoms. The van der Waals surface area contributed by atoms with E-state index in [9.17, 15) is 9.59 Å². The number of hydrogen-bond acceptors (Lipinski definition) is 2. The van der Waals surface area contributed by atoms with E-state index < -0.39 is 17.8 Å². The molecule has 76 valence electrons. The molecule has 0 aliphatic carbocycles. The van der Waals surface area contributed by atoms with Crippen LogP contribution < -0.4 is 0 Å². The molecule has 1 aliphatic rings. The minimum atomic E-state index is -0.996. The van der Waals surface area contributed by atoms with Crippen molar-refractivity contribution in [3.63, 3.8) is 0 Å². The van der Waals surface area contributed by atoms with Crippen LogP contribution in [0, 0.1) is 11.8 Å². The number of carbonyl (C=O) groups excluding carboxylic acids is 1. The maximum absolute atomic E-state index is 11.6. The van der Waals surface area contributed by atoms with Gasteiger partial charge in [0.2, 0.25) is 5.91 Å². The molecular weight excluding hydrogens is 182 g/mol. The number of carbonyl (C=O) groups is 2. The summed E-state index contributed by atoms with van der Waals surface area (Å²) < 4.78 is 0. The summed E-state index contributed by atoms with van der Waals surface area (Å²) in [4.78, 5) is 23.8. The van der Waals surface area contributed by atoms with Crippen LogP contribution in [0.4, 0.5) is 0 Å². The molecule has 0 aromatic rings. The Morgan fingerprint density at radius 1 is 1.64 bits per heavy atom. The Labute approximate surface area is 82.5 Å². The van der Waals surface area contributed by atoms with E-state index in [0.29, 0.717) is 13.0 Å². The molecule has 4 nitrogen and oxygen atoms in total. The van der Waals surface area contributed by atoms with E-state index in [4.69, 9.17) is 5.11 Å².